The highest BCUT2D eigenvalue weighted by Crippen LogP contribution is 2.25. The summed E-state index contributed by atoms with van der Waals surface area (Å²) < 4.78 is 10.3. The van der Waals surface area contributed by atoms with E-state index in [4.69, 9.17) is 14.6 Å². The molecule has 0 radical (unpaired) electrons. The fraction of sp³-hybridized carbons (Fsp3) is 0.815. The van der Waals surface area contributed by atoms with Crippen LogP contribution in [-0.4, -0.2) is 46.7 Å². The molecule has 1 rings (SSSR count). The van der Waals surface area contributed by atoms with Crippen LogP contribution in [-0.2, 0) is 14.3 Å². The van der Waals surface area contributed by atoms with E-state index in [9.17, 15) is 15.0 Å². The van der Waals surface area contributed by atoms with E-state index < -0.39 is 30.5 Å². The van der Waals surface area contributed by atoms with Gasteiger partial charge in [0.05, 0.1) is 13.2 Å². The van der Waals surface area contributed by atoms with Crippen molar-refractivity contribution in [3.8, 4) is 0 Å². The normalized spacial score (nSPS) is 19.7. The molecular formula is C27H48O6. The second-order valence-corrected chi connectivity index (χ2v) is 10.3. The molecule has 0 saturated heterocycles. The van der Waals surface area contributed by atoms with Crippen molar-refractivity contribution in [3.63, 3.8) is 0 Å². The molecule has 192 valence electrons. The smallest absolute Gasteiger partial charge is 0.378 e. The maximum absolute atomic E-state index is 11.5. The van der Waals surface area contributed by atoms with Gasteiger partial charge in [-0.1, -0.05) is 84.3 Å². The molecule has 0 fully saturated rings. The van der Waals surface area contributed by atoms with Gasteiger partial charge in [-0.2, -0.15) is 0 Å². The molecule has 2 unspecified atom stereocenters. The monoisotopic (exact) mass is 468 g/mol. The lowest BCUT2D eigenvalue weighted by Crippen LogP contribution is -2.32. The highest BCUT2D eigenvalue weighted by molar-refractivity contribution is 5.89. The Morgan fingerprint density at radius 2 is 1.61 bits per heavy atom. The van der Waals surface area contributed by atoms with Crippen molar-refractivity contribution in [1.82, 2.24) is 0 Å². The van der Waals surface area contributed by atoms with Crippen molar-refractivity contribution in [3.05, 3.63) is 23.2 Å². The van der Waals surface area contributed by atoms with Crippen LogP contribution in [0, 0.1) is 17.8 Å². The van der Waals surface area contributed by atoms with E-state index in [1.165, 1.54) is 56.9 Å². The number of allylic oxidation sites excluding steroid dienone is 1. The molecule has 6 heteroatoms. The van der Waals surface area contributed by atoms with Crippen molar-refractivity contribution in [2.45, 2.75) is 111 Å². The molecule has 4 atom stereocenters. The average molecular weight is 469 g/mol. The summed E-state index contributed by atoms with van der Waals surface area (Å²) in [7, 11) is 0. The largest absolute Gasteiger partial charge is 0.499 e. The Bertz CT molecular complexity index is 624. The fourth-order valence-corrected chi connectivity index (χ4v) is 4.24. The zero-order chi connectivity index (χ0) is 24.8. The van der Waals surface area contributed by atoms with Gasteiger partial charge in [0.1, 0.15) is 6.10 Å². The quantitative estimate of drug-likeness (QED) is 0.133. The first-order chi connectivity index (χ1) is 15.6. The summed E-state index contributed by atoms with van der Waals surface area (Å²) in [6.45, 7) is 11.1. The Balaban J connectivity index is 2.19. The van der Waals surface area contributed by atoms with Crippen LogP contribution < -0.4 is 0 Å². The number of aliphatic hydroxyl groups is 3. The van der Waals surface area contributed by atoms with Gasteiger partial charge in [-0.15, -0.1) is 0 Å². The van der Waals surface area contributed by atoms with Gasteiger partial charge in [-0.3, -0.25) is 0 Å². The van der Waals surface area contributed by atoms with Crippen LogP contribution in [0.5, 0.6) is 0 Å². The first kappa shape index (κ1) is 29.5. The van der Waals surface area contributed by atoms with E-state index in [0.717, 1.165) is 24.2 Å². The number of cyclic esters (lactones) is 1. The van der Waals surface area contributed by atoms with E-state index in [0.29, 0.717) is 6.42 Å². The molecule has 0 bridgehead atoms. The number of rotatable bonds is 18. The first-order valence-corrected chi connectivity index (χ1v) is 12.9. The predicted molar refractivity (Wildman–Crippen MR) is 132 cm³/mol. The van der Waals surface area contributed by atoms with Crippen molar-refractivity contribution >= 4 is 5.97 Å². The van der Waals surface area contributed by atoms with Gasteiger partial charge >= 0.3 is 5.97 Å². The van der Waals surface area contributed by atoms with Crippen LogP contribution in [0.4, 0.5) is 0 Å². The topological polar surface area (TPSA) is 96.2 Å². The van der Waals surface area contributed by atoms with Crippen LogP contribution in [0.3, 0.4) is 0 Å². The number of hydrogen-bond acceptors (Lipinski definition) is 6. The zero-order valence-corrected chi connectivity index (χ0v) is 21.5. The second-order valence-electron chi connectivity index (χ2n) is 10.3. The second kappa shape index (κ2) is 16.2. The molecule has 1 aliphatic rings. The van der Waals surface area contributed by atoms with Crippen molar-refractivity contribution < 1.29 is 29.6 Å². The van der Waals surface area contributed by atoms with Crippen LogP contribution in [0.25, 0.3) is 0 Å². The predicted octanol–water partition coefficient (Wildman–Crippen LogP) is 5.83. The highest BCUT2D eigenvalue weighted by Gasteiger charge is 2.40. The SMILES string of the molecule is CC(=CCCOC1=C(O)C(=O)O[C@@H]1[C@@H](O)CO)CCCC(C)CCCC(C)CCCC(C)C. The molecule has 1 aliphatic heterocycles. The molecule has 0 aliphatic carbocycles. The lowest BCUT2D eigenvalue weighted by molar-refractivity contribution is -0.148. The van der Waals surface area contributed by atoms with E-state index >= 15 is 0 Å². The molecule has 0 aromatic heterocycles. The minimum atomic E-state index is -1.32. The number of aliphatic hydroxyl groups excluding tert-OH is 3. The minimum Gasteiger partial charge on any atom is -0.499 e. The zero-order valence-electron chi connectivity index (χ0n) is 21.5. The molecule has 0 saturated carbocycles. The Hall–Kier alpha value is -1.53. The molecule has 33 heavy (non-hydrogen) atoms. The number of carbonyl (C=O) groups is 1. The molecule has 0 aromatic rings. The van der Waals surface area contributed by atoms with Crippen molar-refractivity contribution in [2.75, 3.05) is 13.2 Å². The number of esters is 1. The lowest BCUT2D eigenvalue weighted by Gasteiger charge is -2.18. The van der Waals surface area contributed by atoms with Gasteiger partial charge in [-0.05, 0) is 43.9 Å². The van der Waals surface area contributed by atoms with Crippen LogP contribution in [0.15, 0.2) is 23.2 Å². The summed E-state index contributed by atoms with van der Waals surface area (Å²) in [6, 6.07) is 0. The number of hydrogen-bond donors (Lipinski definition) is 3. The maximum Gasteiger partial charge on any atom is 0.378 e. The first-order valence-electron chi connectivity index (χ1n) is 12.9. The summed E-state index contributed by atoms with van der Waals surface area (Å²) in [4.78, 5) is 11.5. The summed E-state index contributed by atoms with van der Waals surface area (Å²) in [6.07, 6.45) is 11.8. The average Bonchev–Trinajstić information content (AvgIpc) is 3.04. The minimum absolute atomic E-state index is 0.101. The number of ether oxygens (including phenoxy) is 2. The molecule has 0 amide bonds. The summed E-state index contributed by atoms with van der Waals surface area (Å²) >= 11 is 0. The molecule has 3 N–H and O–H groups in total. The summed E-state index contributed by atoms with van der Waals surface area (Å²) in [5, 5.41) is 28.5. The van der Waals surface area contributed by atoms with Crippen LogP contribution in [0.2, 0.25) is 0 Å². The van der Waals surface area contributed by atoms with E-state index in [-0.39, 0.29) is 12.4 Å². The Morgan fingerprint density at radius 3 is 2.18 bits per heavy atom. The fourth-order valence-electron chi connectivity index (χ4n) is 4.24. The van der Waals surface area contributed by atoms with Crippen molar-refractivity contribution in [2.24, 2.45) is 17.8 Å². The van der Waals surface area contributed by atoms with E-state index in [2.05, 4.69) is 40.7 Å². The number of carbonyl (C=O) groups excluding carboxylic acids is 1. The third-order valence-electron chi connectivity index (χ3n) is 6.46. The summed E-state index contributed by atoms with van der Waals surface area (Å²) in [5.41, 5.74) is 1.30. The molecule has 6 nitrogen and oxygen atoms in total. The maximum atomic E-state index is 11.5. The van der Waals surface area contributed by atoms with Gasteiger partial charge in [0.2, 0.25) is 5.76 Å². The third kappa shape index (κ3) is 11.9. The molecule has 0 aromatic carbocycles. The molecular weight excluding hydrogens is 420 g/mol. The lowest BCUT2D eigenvalue weighted by atomic mass is 9.91. The highest BCUT2D eigenvalue weighted by atomic mass is 16.6. The van der Waals surface area contributed by atoms with Gasteiger partial charge in [0.15, 0.2) is 11.9 Å². The van der Waals surface area contributed by atoms with E-state index in [1.807, 2.05) is 0 Å². The van der Waals surface area contributed by atoms with Crippen LogP contribution in [0.1, 0.15) is 98.8 Å². The van der Waals surface area contributed by atoms with Gasteiger partial charge in [-0.25, -0.2) is 4.79 Å². The Morgan fingerprint density at radius 1 is 1.03 bits per heavy atom. The summed E-state index contributed by atoms with van der Waals surface area (Å²) in [5.74, 6) is 0.747. The van der Waals surface area contributed by atoms with Gasteiger partial charge in [0, 0.05) is 0 Å². The third-order valence-corrected chi connectivity index (χ3v) is 6.46. The van der Waals surface area contributed by atoms with E-state index in [1.54, 1.807) is 0 Å². The Kier molecular flexibility index (Phi) is 14.4. The molecule has 0 spiro atoms. The van der Waals surface area contributed by atoms with Crippen LogP contribution >= 0.6 is 0 Å². The Labute approximate surface area is 201 Å². The molecule has 1 heterocycles. The van der Waals surface area contributed by atoms with Crippen molar-refractivity contribution in [1.29, 1.82) is 0 Å². The van der Waals surface area contributed by atoms with Gasteiger partial charge < -0.3 is 24.8 Å². The van der Waals surface area contributed by atoms with Gasteiger partial charge in [0.25, 0.3) is 0 Å². The standard InChI is InChI=1S/C27H48O6/c1-19(2)10-6-11-20(3)12-7-13-21(4)14-8-15-22(5)16-9-17-32-26-24(30)27(31)33-25(26)23(29)18-28/h16,19-21,23,25,28-30H,6-15,17-18H2,1-5H3/t20?,21?,23-,25+/m0/s1.